The maximum absolute atomic E-state index is 12.6. The number of allylic oxidation sites excluding steroid dienone is 8. The molecule has 6 nitrogen and oxygen atoms in total. The fraction of sp³-hybridized carbons (Fsp3) is 0.750. The van der Waals surface area contributed by atoms with Gasteiger partial charge in [0.15, 0.2) is 6.10 Å². The Morgan fingerprint density at radius 1 is 0.420 bits per heavy atom. The van der Waals surface area contributed by atoms with Crippen molar-refractivity contribution in [3.8, 4) is 0 Å². The summed E-state index contributed by atoms with van der Waals surface area (Å²) >= 11 is 0. The van der Waals surface area contributed by atoms with Crippen molar-refractivity contribution >= 4 is 17.9 Å². The summed E-state index contributed by atoms with van der Waals surface area (Å²) in [5, 5.41) is 0. The van der Waals surface area contributed by atoms with Crippen LogP contribution in [-0.2, 0) is 28.6 Å². The molecular weight excluding hydrogens is 624 g/mol. The van der Waals surface area contributed by atoms with Crippen LogP contribution in [0.2, 0.25) is 0 Å². The highest BCUT2D eigenvalue weighted by Crippen LogP contribution is 2.13. The second kappa shape index (κ2) is 39.2. The highest BCUT2D eigenvalue weighted by atomic mass is 16.6. The van der Waals surface area contributed by atoms with Gasteiger partial charge < -0.3 is 14.2 Å². The van der Waals surface area contributed by atoms with Crippen molar-refractivity contribution in [2.45, 2.75) is 200 Å². The Labute approximate surface area is 307 Å². The van der Waals surface area contributed by atoms with Gasteiger partial charge >= 0.3 is 17.9 Å². The summed E-state index contributed by atoms with van der Waals surface area (Å²) in [5.74, 6) is -0.937. The minimum Gasteiger partial charge on any atom is -0.462 e. The van der Waals surface area contributed by atoms with Crippen LogP contribution in [0.25, 0.3) is 0 Å². The predicted molar refractivity (Wildman–Crippen MR) is 210 cm³/mol. The zero-order chi connectivity index (χ0) is 36.6. The smallest absolute Gasteiger partial charge is 0.306 e. The fourth-order valence-electron chi connectivity index (χ4n) is 5.43. The Bertz CT molecular complexity index is 902. The minimum absolute atomic E-state index is 0.0857. The summed E-state index contributed by atoms with van der Waals surface area (Å²) in [6.07, 6.45) is 43.8. The normalized spacial score (nSPS) is 12.5. The van der Waals surface area contributed by atoms with Gasteiger partial charge in [0.1, 0.15) is 13.2 Å². The molecule has 0 aromatic rings. The van der Waals surface area contributed by atoms with Crippen LogP contribution in [0.5, 0.6) is 0 Å². The summed E-state index contributed by atoms with van der Waals surface area (Å²) in [6.45, 7) is 6.39. The molecule has 0 aliphatic rings. The van der Waals surface area contributed by atoms with Crippen molar-refractivity contribution in [3.63, 3.8) is 0 Å². The Morgan fingerprint density at radius 3 is 1.32 bits per heavy atom. The first-order valence-electron chi connectivity index (χ1n) is 20.6. The third-order valence-corrected chi connectivity index (χ3v) is 8.57. The summed E-state index contributed by atoms with van der Waals surface area (Å²) in [7, 11) is 0. The van der Waals surface area contributed by atoms with E-state index < -0.39 is 6.10 Å². The zero-order valence-corrected chi connectivity index (χ0v) is 32.7. The number of rotatable bonds is 36. The maximum Gasteiger partial charge on any atom is 0.306 e. The third-order valence-electron chi connectivity index (χ3n) is 8.57. The molecule has 0 heterocycles. The van der Waals surface area contributed by atoms with Gasteiger partial charge in [0.2, 0.25) is 0 Å². The molecule has 1 atom stereocenters. The largest absolute Gasteiger partial charge is 0.462 e. The molecule has 0 spiro atoms. The molecule has 6 heteroatoms. The van der Waals surface area contributed by atoms with Crippen molar-refractivity contribution in [3.05, 3.63) is 48.6 Å². The zero-order valence-electron chi connectivity index (χ0n) is 32.7. The Balaban J connectivity index is 4.42. The van der Waals surface area contributed by atoms with E-state index >= 15 is 0 Å². The number of hydrogen-bond acceptors (Lipinski definition) is 6. The van der Waals surface area contributed by atoms with Crippen molar-refractivity contribution in [1.82, 2.24) is 0 Å². The molecule has 0 bridgehead atoms. The molecule has 0 rings (SSSR count). The lowest BCUT2D eigenvalue weighted by atomic mass is 10.1. The highest BCUT2D eigenvalue weighted by Gasteiger charge is 2.19. The van der Waals surface area contributed by atoms with E-state index in [1.165, 1.54) is 57.8 Å². The standard InChI is InChI=1S/C44H76O6/c1-4-7-10-13-16-19-21-22-24-25-28-31-34-37-43(46)49-40-41(39-48-42(45)36-33-30-27-18-15-12-9-6-3)50-44(47)38-35-32-29-26-23-20-17-14-11-8-5-2/h7,10,14,16-17,19,22,24,41H,4-6,8-9,11-13,15,18,20-21,23,25-40H2,1-3H3/b10-7-,17-14-,19-16-,24-22-. The lowest BCUT2D eigenvalue weighted by Gasteiger charge is -2.18. The van der Waals surface area contributed by atoms with Gasteiger partial charge in [-0.1, -0.05) is 153 Å². The van der Waals surface area contributed by atoms with Crippen molar-refractivity contribution < 1.29 is 28.6 Å². The quantitative estimate of drug-likeness (QED) is 0.0280. The average molecular weight is 701 g/mol. The van der Waals surface area contributed by atoms with Gasteiger partial charge in [-0.25, -0.2) is 0 Å². The lowest BCUT2D eigenvalue weighted by molar-refractivity contribution is -0.167. The summed E-state index contributed by atoms with van der Waals surface area (Å²) in [4.78, 5) is 37.5. The summed E-state index contributed by atoms with van der Waals surface area (Å²) < 4.78 is 16.6. The summed E-state index contributed by atoms with van der Waals surface area (Å²) in [5.41, 5.74) is 0. The number of carbonyl (C=O) groups excluding carboxylic acids is 3. The molecule has 0 aliphatic carbocycles. The monoisotopic (exact) mass is 701 g/mol. The lowest BCUT2D eigenvalue weighted by Crippen LogP contribution is -2.30. The Hall–Kier alpha value is -2.63. The van der Waals surface area contributed by atoms with E-state index in [2.05, 4.69) is 69.4 Å². The van der Waals surface area contributed by atoms with Crippen LogP contribution in [0.4, 0.5) is 0 Å². The van der Waals surface area contributed by atoms with E-state index in [0.29, 0.717) is 19.3 Å². The average Bonchev–Trinajstić information content (AvgIpc) is 3.11. The molecule has 50 heavy (non-hydrogen) atoms. The molecular formula is C44H76O6. The molecule has 1 unspecified atom stereocenters. The van der Waals surface area contributed by atoms with Gasteiger partial charge in [0.25, 0.3) is 0 Å². The van der Waals surface area contributed by atoms with Gasteiger partial charge in [-0.2, -0.15) is 0 Å². The Morgan fingerprint density at radius 2 is 0.800 bits per heavy atom. The van der Waals surface area contributed by atoms with Crippen LogP contribution in [-0.4, -0.2) is 37.2 Å². The first-order chi connectivity index (χ1) is 24.5. The van der Waals surface area contributed by atoms with Gasteiger partial charge in [-0.3, -0.25) is 14.4 Å². The van der Waals surface area contributed by atoms with Gasteiger partial charge in [0, 0.05) is 19.3 Å². The molecule has 0 amide bonds. The van der Waals surface area contributed by atoms with E-state index in [1.54, 1.807) is 0 Å². The molecule has 0 radical (unpaired) electrons. The molecule has 0 aromatic heterocycles. The number of hydrogen-bond donors (Lipinski definition) is 0. The van der Waals surface area contributed by atoms with Crippen LogP contribution in [0.1, 0.15) is 194 Å². The number of esters is 3. The molecule has 0 aliphatic heterocycles. The third kappa shape index (κ3) is 36.6. The predicted octanol–water partition coefficient (Wildman–Crippen LogP) is 12.8. The van der Waals surface area contributed by atoms with Crippen LogP contribution in [0.3, 0.4) is 0 Å². The van der Waals surface area contributed by atoms with Gasteiger partial charge in [-0.15, -0.1) is 0 Å². The molecule has 0 saturated heterocycles. The Kier molecular flexibility index (Phi) is 37.1. The van der Waals surface area contributed by atoms with E-state index in [0.717, 1.165) is 96.3 Å². The van der Waals surface area contributed by atoms with Crippen molar-refractivity contribution in [2.75, 3.05) is 13.2 Å². The highest BCUT2D eigenvalue weighted by molar-refractivity contribution is 5.71. The maximum atomic E-state index is 12.6. The van der Waals surface area contributed by atoms with Crippen molar-refractivity contribution in [2.24, 2.45) is 0 Å². The number of carbonyl (C=O) groups is 3. The topological polar surface area (TPSA) is 78.9 Å². The van der Waals surface area contributed by atoms with E-state index in [9.17, 15) is 14.4 Å². The second-order valence-corrected chi connectivity index (χ2v) is 13.5. The summed E-state index contributed by atoms with van der Waals surface area (Å²) in [6, 6.07) is 0. The first kappa shape index (κ1) is 47.4. The molecule has 0 fully saturated rings. The molecule has 0 saturated carbocycles. The van der Waals surface area contributed by atoms with E-state index in [-0.39, 0.29) is 31.1 Å². The SMILES string of the molecule is CC/C=C\C/C=C\C/C=C\CCCCCC(=O)OCC(COC(=O)CCCCCCCCCC)OC(=O)CCCCCCC/C=C\CCCC. The number of unbranched alkanes of at least 4 members (excludes halogenated alkanes) is 17. The van der Waals surface area contributed by atoms with Crippen molar-refractivity contribution in [1.29, 1.82) is 0 Å². The van der Waals surface area contributed by atoms with Crippen LogP contribution >= 0.6 is 0 Å². The van der Waals surface area contributed by atoms with Crippen LogP contribution in [0.15, 0.2) is 48.6 Å². The first-order valence-corrected chi connectivity index (χ1v) is 20.6. The number of ether oxygens (including phenoxy) is 3. The van der Waals surface area contributed by atoms with Crippen LogP contribution in [0, 0.1) is 0 Å². The fourth-order valence-corrected chi connectivity index (χ4v) is 5.43. The van der Waals surface area contributed by atoms with E-state index in [4.69, 9.17) is 14.2 Å². The molecule has 0 N–H and O–H groups in total. The van der Waals surface area contributed by atoms with E-state index in [1.807, 2.05) is 0 Å². The minimum atomic E-state index is -0.782. The second-order valence-electron chi connectivity index (χ2n) is 13.5. The van der Waals surface area contributed by atoms with Gasteiger partial charge in [-0.05, 0) is 70.6 Å². The van der Waals surface area contributed by atoms with Gasteiger partial charge in [0.05, 0.1) is 0 Å². The van der Waals surface area contributed by atoms with Crippen LogP contribution < -0.4 is 0 Å². The molecule has 0 aromatic carbocycles. The molecule has 288 valence electrons.